The van der Waals surface area contributed by atoms with Crippen LogP contribution in [0.5, 0.6) is 0 Å². The van der Waals surface area contributed by atoms with Crippen LogP contribution < -0.4 is 0 Å². The van der Waals surface area contributed by atoms with Crippen molar-refractivity contribution in [3.63, 3.8) is 0 Å². The monoisotopic (exact) mass is 471 g/mol. The molecule has 0 spiro atoms. The topological polar surface area (TPSA) is 100 Å². The van der Waals surface area contributed by atoms with Gasteiger partial charge in [0.2, 0.25) is 5.91 Å². The first-order chi connectivity index (χ1) is 15.8. The van der Waals surface area contributed by atoms with Crippen molar-refractivity contribution < 1.29 is 24.2 Å². The van der Waals surface area contributed by atoms with E-state index < -0.39 is 16.8 Å². The van der Waals surface area contributed by atoms with Crippen LogP contribution in [0.15, 0.2) is 24.4 Å². The van der Waals surface area contributed by atoms with E-state index in [9.17, 15) is 19.5 Å². The SMILES string of the molecule is C=C(C1CCC(=O)O1)N(C)Cc1cc(C)cc(CN(C)C(=O)C2CCC(C)(C(=O)O)C2(C)C)n1. The van der Waals surface area contributed by atoms with Gasteiger partial charge in [0.15, 0.2) is 0 Å². The number of aliphatic carboxylic acids is 1. The molecule has 2 aliphatic rings. The molecule has 1 saturated heterocycles. The van der Waals surface area contributed by atoms with E-state index in [0.717, 1.165) is 22.6 Å². The highest BCUT2D eigenvalue weighted by atomic mass is 16.5. The van der Waals surface area contributed by atoms with Crippen LogP contribution >= 0.6 is 0 Å². The average Bonchev–Trinajstić information content (AvgIpc) is 3.27. The number of rotatable bonds is 8. The van der Waals surface area contributed by atoms with Crippen molar-refractivity contribution in [3.8, 4) is 0 Å². The fraction of sp³-hybridized carbons (Fsp3) is 0.615. The predicted octanol–water partition coefficient (Wildman–Crippen LogP) is 3.53. The quantitative estimate of drug-likeness (QED) is 0.579. The number of ether oxygens (including phenoxy) is 1. The van der Waals surface area contributed by atoms with Gasteiger partial charge < -0.3 is 19.6 Å². The van der Waals surface area contributed by atoms with Crippen molar-refractivity contribution in [3.05, 3.63) is 41.4 Å². The zero-order valence-corrected chi connectivity index (χ0v) is 21.2. The summed E-state index contributed by atoms with van der Waals surface area (Å²) in [6.45, 7) is 12.4. The molecule has 1 saturated carbocycles. The summed E-state index contributed by atoms with van der Waals surface area (Å²) in [6, 6.07) is 3.95. The van der Waals surface area contributed by atoms with Gasteiger partial charge in [-0.15, -0.1) is 0 Å². The molecule has 2 fully saturated rings. The predicted molar refractivity (Wildman–Crippen MR) is 127 cm³/mol. The number of esters is 1. The third-order valence-electron chi connectivity index (χ3n) is 7.99. The first-order valence-electron chi connectivity index (χ1n) is 11.8. The fourth-order valence-corrected chi connectivity index (χ4v) is 5.23. The van der Waals surface area contributed by atoms with Crippen molar-refractivity contribution in [2.45, 2.75) is 72.6 Å². The zero-order chi connectivity index (χ0) is 25.4. The Morgan fingerprint density at radius 3 is 2.24 bits per heavy atom. The first-order valence-corrected chi connectivity index (χ1v) is 11.8. The second-order valence-electron chi connectivity index (χ2n) is 10.6. The Balaban J connectivity index is 1.69. The number of carbonyl (C=O) groups is 3. The number of carbonyl (C=O) groups excluding carboxylic acids is 2. The molecule has 1 aliphatic heterocycles. The third-order valence-corrected chi connectivity index (χ3v) is 7.99. The van der Waals surface area contributed by atoms with E-state index in [1.165, 1.54) is 0 Å². The zero-order valence-electron chi connectivity index (χ0n) is 21.2. The van der Waals surface area contributed by atoms with Gasteiger partial charge in [0.1, 0.15) is 6.10 Å². The van der Waals surface area contributed by atoms with Gasteiger partial charge in [0.25, 0.3) is 0 Å². The second-order valence-corrected chi connectivity index (χ2v) is 10.6. The average molecular weight is 472 g/mol. The van der Waals surface area contributed by atoms with Crippen LogP contribution in [0.4, 0.5) is 0 Å². The van der Waals surface area contributed by atoms with Crippen LogP contribution in [0, 0.1) is 23.7 Å². The minimum atomic E-state index is -0.927. The maximum atomic E-state index is 13.3. The van der Waals surface area contributed by atoms with Gasteiger partial charge >= 0.3 is 11.9 Å². The molecule has 3 unspecified atom stereocenters. The van der Waals surface area contributed by atoms with Gasteiger partial charge in [0.05, 0.1) is 29.9 Å². The number of hydrogen-bond donors (Lipinski definition) is 1. The fourth-order valence-electron chi connectivity index (χ4n) is 5.23. The number of amides is 1. The molecule has 0 aromatic carbocycles. The Morgan fingerprint density at radius 1 is 1.15 bits per heavy atom. The van der Waals surface area contributed by atoms with E-state index in [1.54, 1.807) is 18.9 Å². The summed E-state index contributed by atoms with van der Waals surface area (Å²) >= 11 is 0. The van der Waals surface area contributed by atoms with Crippen molar-refractivity contribution in [2.75, 3.05) is 14.1 Å². The van der Waals surface area contributed by atoms with Crippen LogP contribution in [0.1, 0.15) is 63.4 Å². The second kappa shape index (κ2) is 9.39. The van der Waals surface area contributed by atoms with Crippen molar-refractivity contribution in [2.24, 2.45) is 16.7 Å². The number of aromatic nitrogens is 1. The molecule has 1 aromatic rings. The third kappa shape index (κ3) is 4.81. The number of cyclic esters (lactones) is 1. The number of carboxylic acids is 1. The summed E-state index contributed by atoms with van der Waals surface area (Å²) in [4.78, 5) is 45.0. The van der Waals surface area contributed by atoms with E-state index in [-0.39, 0.29) is 23.9 Å². The molecule has 1 aliphatic carbocycles. The Hall–Kier alpha value is -2.90. The number of aryl methyl sites for hydroxylation is 1. The van der Waals surface area contributed by atoms with Crippen molar-refractivity contribution in [1.29, 1.82) is 0 Å². The van der Waals surface area contributed by atoms with Crippen LogP contribution in [-0.4, -0.2) is 57.9 Å². The highest BCUT2D eigenvalue weighted by Crippen LogP contribution is 2.56. The molecule has 1 aromatic heterocycles. The van der Waals surface area contributed by atoms with E-state index in [0.29, 0.717) is 38.8 Å². The highest BCUT2D eigenvalue weighted by Gasteiger charge is 2.58. The van der Waals surface area contributed by atoms with Crippen LogP contribution in [0.2, 0.25) is 0 Å². The highest BCUT2D eigenvalue weighted by molar-refractivity contribution is 5.83. The normalized spacial score (nSPS) is 25.6. The number of carboxylic acid groups (broad SMARTS) is 1. The molecule has 3 rings (SSSR count). The number of pyridine rings is 1. The van der Waals surface area contributed by atoms with Gasteiger partial charge in [-0.2, -0.15) is 0 Å². The molecule has 0 bridgehead atoms. The van der Waals surface area contributed by atoms with Crippen LogP contribution in [0.25, 0.3) is 0 Å². The number of likely N-dealkylation sites (N-methyl/N-ethyl adjacent to an activating group) is 1. The molecule has 3 atom stereocenters. The molecule has 2 heterocycles. The maximum absolute atomic E-state index is 13.3. The van der Waals surface area contributed by atoms with Crippen molar-refractivity contribution >= 4 is 17.8 Å². The smallest absolute Gasteiger partial charge is 0.309 e. The van der Waals surface area contributed by atoms with E-state index in [1.807, 2.05) is 44.9 Å². The van der Waals surface area contributed by atoms with Crippen LogP contribution in [-0.2, 0) is 32.2 Å². The summed E-state index contributed by atoms with van der Waals surface area (Å²) in [5.41, 5.74) is 1.81. The summed E-state index contributed by atoms with van der Waals surface area (Å²) < 4.78 is 5.32. The maximum Gasteiger partial charge on any atom is 0.309 e. The van der Waals surface area contributed by atoms with E-state index in [2.05, 4.69) is 6.58 Å². The van der Waals surface area contributed by atoms with Gasteiger partial charge in [0, 0.05) is 38.6 Å². The minimum absolute atomic E-state index is 0.0478. The molecule has 0 radical (unpaired) electrons. The molecule has 1 N–H and O–H groups in total. The van der Waals surface area contributed by atoms with Gasteiger partial charge in [-0.05, 0) is 49.8 Å². The van der Waals surface area contributed by atoms with Crippen LogP contribution in [0.3, 0.4) is 0 Å². The van der Waals surface area contributed by atoms with Crippen molar-refractivity contribution in [1.82, 2.24) is 14.8 Å². The summed E-state index contributed by atoms with van der Waals surface area (Å²) in [5.74, 6) is -1.45. The Kier molecular flexibility index (Phi) is 7.10. The number of nitrogens with zero attached hydrogens (tertiary/aromatic N) is 3. The minimum Gasteiger partial charge on any atom is -0.481 e. The molecular weight excluding hydrogens is 434 g/mol. The summed E-state index contributed by atoms with van der Waals surface area (Å²) in [6.07, 6.45) is 1.80. The molecular formula is C26H37N3O5. The standard InChI is InChI=1S/C26H37N3O5/c1-16-12-18(14-28(6)17(2)21-8-9-22(30)34-21)27-19(13-16)15-29(7)23(31)20-10-11-26(5,24(32)33)25(20,3)4/h12-13,20-21H,2,8-11,14-15H2,1,3-7H3,(H,32,33). The number of hydrogen-bond acceptors (Lipinski definition) is 6. The molecule has 1 amide bonds. The lowest BCUT2D eigenvalue weighted by molar-refractivity contribution is -0.156. The Bertz CT molecular complexity index is 1000. The summed E-state index contributed by atoms with van der Waals surface area (Å²) in [5, 5.41) is 9.77. The first kappa shape index (κ1) is 25.7. The van der Waals surface area contributed by atoms with Gasteiger partial charge in [-0.25, -0.2) is 0 Å². The summed E-state index contributed by atoms with van der Waals surface area (Å²) in [7, 11) is 3.65. The lowest BCUT2D eigenvalue weighted by Gasteiger charge is -2.39. The Morgan fingerprint density at radius 2 is 1.74 bits per heavy atom. The lowest BCUT2D eigenvalue weighted by Crippen LogP contribution is -2.45. The molecule has 8 heteroatoms. The molecule has 186 valence electrons. The Labute approximate surface area is 202 Å². The van der Waals surface area contributed by atoms with Gasteiger partial charge in [-0.3, -0.25) is 19.4 Å². The molecule has 8 nitrogen and oxygen atoms in total. The van der Waals surface area contributed by atoms with E-state index >= 15 is 0 Å². The largest absolute Gasteiger partial charge is 0.481 e. The van der Waals surface area contributed by atoms with E-state index in [4.69, 9.17) is 9.72 Å². The van der Waals surface area contributed by atoms with Gasteiger partial charge in [-0.1, -0.05) is 20.4 Å². The lowest BCUT2D eigenvalue weighted by atomic mass is 9.65. The molecule has 34 heavy (non-hydrogen) atoms.